The second-order valence-electron chi connectivity index (χ2n) is 12.7. The fourth-order valence-electron chi connectivity index (χ4n) is 7.27. The number of nitrogens with zero attached hydrogens (tertiary/aromatic N) is 4. The number of nitriles is 1. The van der Waals surface area contributed by atoms with Crippen LogP contribution in [-0.2, 0) is 21.6 Å². The number of benzene rings is 1. The number of carbonyl (C=O) groups is 1. The third kappa shape index (κ3) is 5.38. The van der Waals surface area contributed by atoms with Crippen LogP contribution in [0.2, 0.25) is 0 Å². The monoisotopic (exact) mass is 632 g/mol. The number of carboxylic acid groups (broad SMARTS) is 1. The van der Waals surface area contributed by atoms with Gasteiger partial charge < -0.3 is 19.0 Å². The van der Waals surface area contributed by atoms with Gasteiger partial charge in [-0.25, -0.2) is 19.1 Å². The zero-order chi connectivity index (χ0) is 32.0. The van der Waals surface area contributed by atoms with Gasteiger partial charge in [-0.3, -0.25) is 9.36 Å². The fraction of sp³-hybridized carbons (Fsp3) is 0.485. The Labute approximate surface area is 263 Å². The molecule has 3 heterocycles. The van der Waals surface area contributed by atoms with Gasteiger partial charge >= 0.3 is 11.7 Å². The zero-order valence-electron chi connectivity index (χ0n) is 25.7. The first-order valence-electron chi connectivity index (χ1n) is 15.1. The predicted octanol–water partition coefficient (Wildman–Crippen LogP) is 5.49. The molecule has 0 aliphatic heterocycles. The van der Waals surface area contributed by atoms with Gasteiger partial charge in [0.1, 0.15) is 28.5 Å². The van der Waals surface area contributed by atoms with Crippen LogP contribution in [0.25, 0.3) is 21.0 Å². The summed E-state index contributed by atoms with van der Waals surface area (Å²) < 4.78 is 20.4. The number of rotatable bonds is 10. The van der Waals surface area contributed by atoms with Crippen molar-refractivity contribution in [2.45, 2.75) is 77.2 Å². The summed E-state index contributed by atoms with van der Waals surface area (Å²) in [6.07, 6.45) is 6.56. The van der Waals surface area contributed by atoms with Crippen LogP contribution in [0.4, 0.5) is 0 Å². The Morgan fingerprint density at radius 3 is 2.56 bits per heavy atom. The Kier molecular flexibility index (Phi) is 8.18. The minimum absolute atomic E-state index is 0.0134. The first-order valence-corrected chi connectivity index (χ1v) is 15.9. The van der Waals surface area contributed by atoms with E-state index in [0.29, 0.717) is 51.1 Å². The van der Waals surface area contributed by atoms with Gasteiger partial charge in [-0.05, 0) is 75.8 Å². The maximum Gasteiger partial charge on any atom is 0.333 e. The summed E-state index contributed by atoms with van der Waals surface area (Å²) in [7, 11) is 1.58. The summed E-state index contributed by atoms with van der Waals surface area (Å²) in [4.78, 5) is 45.8. The number of aromatic nitrogens is 3. The van der Waals surface area contributed by atoms with Gasteiger partial charge in [0, 0.05) is 12.0 Å². The molecule has 11 nitrogen and oxygen atoms in total. The number of thiophene rings is 1. The van der Waals surface area contributed by atoms with Gasteiger partial charge in [0.25, 0.3) is 5.56 Å². The summed E-state index contributed by atoms with van der Waals surface area (Å²) >= 11 is 1.21. The third-order valence-electron chi connectivity index (χ3n) is 9.56. The summed E-state index contributed by atoms with van der Waals surface area (Å²) in [6, 6.07) is 9.80. The molecular weight excluding hydrogens is 596 g/mol. The molecule has 5 atom stereocenters. The van der Waals surface area contributed by atoms with Crippen LogP contribution in [0.15, 0.2) is 50.7 Å². The fourth-order valence-corrected chi connectivity index (χ4v) is 8.52. The molecule has 2 saturated carbocycles. The van der Waals surface area contributed by atoms with E-state index in [-0.39, 0.29) is 18.0 Å². The lowest BCUT2D eigenvalue weighted by molar-refractivity contribution is -0.146. The van der Waals surface area contributed by atoms with E-state index in [2.05, 4.69) is 11.1 Å². The van der Waals surface area contributed by atoms with E-state index in [1.807, 2.05) is 24.3 Å². The smallest absolute Gasteiger partial charge is 0.333 e. The molecule has 45 heavy (non-hydrogen) atoms. The lowest BCUT2D eigenvalue weighted by atomic mass is 10.00. The molecule has 2 aliphatic rings. The minimum Gasteiger partial charge on any atom is -0.496 e. The Hall–Kier alpha value is -4.21. The highest BCUT2D eigenvalue weighted by Gasteiger charge is 2.43. The number of ether oxygens (including phenoxy) is 2. The van der Waals surface area contributed by atoms with Gasteiger partial charge in [0.2, 0.25) is 5.89 Å². The van der Waals surface area contributed by atoms with Crippen molar-refractivity contribution in [1.82, 2.24) is 14.1 Å². The molecule has 6 rings (SSSR count). The number of para-hydroxylation sites is 1. The van der Waals surface area contributed by atoms with E-state index < -0.39 is 28.9 Å². The van der Waals surface area contributed by atoms with Crippen molar-refractivity contribution in [2.75, 3.05) is 7.11 Å². The molecule has 0 bridgehead atoms. The summed E-state index contributed by atoms with van der Waals surface area (Å²) in [6.45, 7) is 4.45. The number of hydrogen-bond acceptors (Lipinski definition) is 9. The normalized spacial score (nSPS) is 21.9. The Balaban J connectivity index is 1.48. The van der Waals surface area contributed by atoms with Crippen LogP contribution in [0, 0.1) is 36.0 Å². The standard InChI is InChI=1S/C33H36N4O7S/c1-18-26-29(38)37(33(2,3)31(39)40)32(41)36(30(26)45-27(18)28-35-11-12-43-28)17-25(23-7-5-6-8-24(23)42-4)44-22-15-20-13-19(9-10-34)14-21(20)16-22/h5-8,11-12,19-22,25H,9,13-17H2,1-4H3,(H,39,40)/t19?,20-,21+,22?,25?. The van der Waals surface area contributed by atoms with Gasteiger partial charge in [-0.15, -0.1) is 11.3 Å². The molecule has 3 aromatic heterocycles. The topological polar surface area (TPSA) is 150 Å². The highest BCUT2D eigenvalue weighted by atomic mass is 32.1. The summed E-state index contributed by atoms with van der Waals surface area (Å²) in [5.74, 6) is 1.01. The van der Waals surface area contributed by atoms with E-state index in [9.17, 15) is 24.8 Å². The number of oxazole rings is 1. The van der Waals surface area contributed by atoms with Crippen molar-refractivity contribution in [1.29, 1.82) is 5.26 Å². The van der Waals surface area contributed by atoms with E-state index in [1.54, 1.807) is 14.0 Å². The van der Waals surface area contributed by atoms with Gasteiger partial charge in [0.15, 0.2) is 0 Å². The number of fused-ring (bicyclic) bond motifs is 2. The van der Waals surface area contributed by atoms with Gasteiger partial charge in [-0.1, -0.05) is 18.2 Å². The molecular formula is C33H36N4O7S. The van der Waals surface area contributed by atoms with Crippen LogP contribution >= 0.6 is 11.3 Å². The molecule has 0 amide bonds. The molecule has 0 radical (unpaired) electrons. The Morgan fingerprint density at radius 1 is 1.22 bits per heavy atom. The molecule has 0 spiro atoms. The van der Waals surface area contributed by atoms with E-state index in [0.717, 1.165) is 35.8 Å². The first kappa shape index (κ1) is 30.8. The van der Waals surface area contributed by atoms with E-state index in [4.69, 9.17) is 13.9 Å². The van der Waals surface area contributed by atoms with Crippen LogP contribution < -0.4 is 16.0 Å². The second-order valence-corrected chi connectivity index (χ2v) is 13.7. The Morgan fingerprint density at radius 2 is 1.93 bits per heavy atom. The lowest BCUT2D eigenvalue weighted by Gasteiger charge is -2.27. The third-order valence-corrected chi connectivity index (χ3v) is 10.9. The SMILES string of the molecule is COc1ccccc1C(Cn1c(=O)n(C(C)(C)C(=O)O)c(=O)c2c(C)c(-c3ncco3)sc21)OC1C[C@H]2CC(CC#N)C[C@H]2C1. The van der Waals surface area contributed by atoms with Crippen molar-refractivity contribution in [3.8, 4) is 22.6 Å². The number of carboxylic acids is 1. The molecule has 2 fully saturated rings. The summed E-state index contributed by atoms with van der Waals surface area (Å²) in [5, 5.41) is 19.5. The Bertz CT molecular complexity index is 1880. The molecule has 12 heteroatoms. The van der Waals surface area contributed by atoms with Gasteiger partial charge in [0.05, 0.1) is 42.3 Å². The maximum atomic E-state index is 14.3. The minimum atomic E-state index is -1.83. The van der Waals surface area contributed by atoms with Crippen LogP contribution in [0.3, 0.4) is 0 Å². The maximum absolute atomic E-state index is 14.3. The molecule has 2 aliphatic carbocycles. The predicted molar refractivity (Wildman–Crippen MR) is 167 cm³/mol. The highest BCUT2D eigenvalue weighted by molar-refractivity contribution is 7.22. The molecule has 0 saturated heterocycles. The average molecular weight is 633 g/mol. The number of aryl methyl sites for hydroxylation is 1. The number of aliphatic carboxylic acids is 1. The number of methoxy groups -OCH3 is 1. The van der Waals surface area contributed by atoms with Crippen molar-refractivity contribution < 1.29 is 23.8 Å². The molecule has 3 unspecified atom stereocenters. The largest absolute Gasteiger partial charge is 0.496 e. The van der Waals surface area contributed by atoms with Crippen molar-refractivity contribution in [3.63, 3.8) is 0 Å². The van der Waals surface area contributed by atoms with Crippen molar-refractivity contribution in [3.05, 3.63) is 68.7 Å². The van der Waals surface area contributed by atoms with Crippen molar-refractivity contribution >= 4 is 27.5 Å². The highest BCUT2D eigenvalue weighted by Crippen LogP contribution is 2.50. The van der Waals surface area contributed by atoms with Crippen LogP contribution in [0.1, 0.15) is 63.2 Å². The lowest BCUT2D eigenvalue weighted by Crippen LogP contribution is -2.52. The van der Waals surface area contributed by atoms with Crippen LogP contribution in [0.5, 0.6) is 5.75 Å². The molecule has 1 aromatic carbocycles. The summed E-state index contributed by atoms with van der Waals surface area (Å²) in [5.41, 5.74) is -1.96. The molecule has 1 N–H and O–H groups in total. The van der Waals surface area contributed by atoms with Crippen LogP contribution in [-0.4, -0.2) is 38.4 Å². The zero-order valence-corrected chi connectivity index (χ0v) is 26.5. The first-order chi connectivity index (χ1) is 21.5. The van der Waals surface area contributed by atoms with Crippen molar-refractivity contribution in [2.24, 2.45) is 17.8 Å². The number of hydrogen-bond donors (Lipinski definition) is 1. The molecule has 236 valence electrons. The van der Waals surface area contributed by atoms with E-state index >= 15 is 0 Å². The van der Waals surface area contributed by atoms with Gasteiger partial charge in [-0.2, -0.15) is 5.26 Å². The molecule has 4 aromatic rings. The van der Waals surface area contributed by atoms with E-state index in [1.165, 1.54) is 42.2 Å². The average Bonchev–Trinajstić information content (AvgIpc) is 3.79. The quantitative estimate of drug-likeness (QED) is 0.239. The second kappa shape index (κ2) is 11.9.